The first-order chi connectivity index (χ1) is 12.6. The van der Waals surface area contributed by atoms with Gasteiger partial charge in [0.25, 0.3) is 0 Å². The van der Waals surface area contributed by atoms with Crippen molar-refractivity contribution in [2.75, 3.05) is 11.1 Å². The molecule has 0 saturated carbocycles. The van der Waals surface area contributed by atoms with Crippen LogP contribution in [0.3, 0.4) is 0 Å². The number of ether oxygens (including phenoxy) is 1. The van der Waals surface area contributed by atoms with Crippen molar-refractivity contribution in [1.29, 1.82) is 0 Å². The van der Waals surface area contributed by atoms with Crippen molar-refractivity contribution in [2.24, 2.45) is 0 Å². The van der Waals surface area contributed by atoms with Crippen LogP contribution < -0.4 is 10.1 Å². The zero-order chi connectivity index (χ0) is 18.4. The molecule has 2 aromatic carbocycles. The number of halogens is 1. The maximum Gasteiger partial charge on any atom is 0.234 e. The van der Waals surface area contributed by atoms with E-state index >= 15 is 0 Å². The third kappa shape index (κ3) is 5.60. The van der Waals surface area contributed by atoms with Crippen LogP contribution in [-0.4, -0.2) is 26.8 Å². The van der Waals surface area contributed by atoms with E-state index in [-0.39, 0.29) is 11.7 Å². The second-order valence-corrected chi connectivity index (χ2v) is 7.37. The van der Waals surface area contributed by atoms with Crippen molar-refractivity contribution in [3.63, 3.8) is 0 Å². The number of hydrogen-bond donors (Lipinski definition) is 2. The minimum Gasteiger partial charge on any atom is -0.486 e. The van der Waals surface area contributed by atoms with E-state index in [4.69, 9.17) is 4.74 Å². The van der Waals surface area contributed by atoms with Gasteiger partial charge in [-0.15, -0.1) is 5.10 Å². The number of hydrogen-bond acceptors (Lipinski definition) is 5. The summed E-state index contributed by atoms with van der Waals surface area (Å²) in [5.41, 5.74) is 1.93. The molecule has 1 aromatic heterocycles. The molecule has 8 heteroatoms. The predicted octanol–water partition coefficient (Wildman–Crippen LogP) is 4.19. The molecule has 1 heterocycles. The van der Waals surface area contributed by atoms with E-state index in [1.807, 2.05) is 55.5 Å². The quantitative estimate of drug-likeness (QED) is 0.547. The number of H-pyrrole nitrogens is 1. The van der Waals surface area contributed by atoms with Gasteiger partial charge in [0.15, 0.2) is 5.82 Å². The Morgan fingerprint density at radius 1 is 1.19 bits per heavy atom. The van der Waals surface area contributed by atoms with Gasteiger partial charge in [-0.2, -0.15) is 0 Å². The van der Waals surface area contributed by atoms with Crippen molar-refractivity contribution in [1.82, 2.24) is 15.2 Å². The molecule has 0 fully saturated rings. The first-order valence-corrected chi connectivity index (χ1v) is 9.65. The van der Waals surface area contributed by atoms with E-state index in [1.165, 1.54) is 17.3 Å². The van der Waals surface area contributed by atoms with E-state index in [0.29, 0.717) is 17.6 Å². The maximum absolute atomic E-state index is 12.0. The van der Waals surface area contributed by atoms with E-state index in [1.54, 1.807) is 0 Å². The molecule has 0 aliphatic carbocycles. The highest BCUT2D eigenvalue weighted by atomic mass is 79.9. The molecule has 0 saturated heterocycles. The minimum atomic E-state index is -0.112. The molecule has 0 aliphatic rings. The molecule has 6 nitrogen and oxygen atoms in total. The summed E-state index contributed by atoms with van der Waals surface area (Å²) in [4.78, 5) is 16.3. The lowest BCUT2D eigenvalue weighted by Gasteiger charge is -2.04. The molecule has 0 atom stereocenters. The fraction of sp³-hybridized carbons (Fsp3) is 0.167. The highest BCUT2D eigenvalue weighted by Gasteiger charge is 2.08. The number of aryl methyl sites for hydroxylation is 1. The second-order valence-electron chi connectivity index (χ2n) is 5.51. The first kappa shape index (κ1) is 18.5. The number of rotatable bonds is 7. The Morgan fingerprint density at radius 2 is 1.92 bits per heavy atom. The van der Waals surface area contributed by atoms with Crippen LogP contribution in [0.15, 0.2) is 58.2 Å². The second kappa shape index (κ2) is 8.86. The summed E-state index contributed by atoms with van der Waals surface area (Å²) in [5.74, 6) is 1.50. The lowest BCUT2D eigenvalue weighted by Crippen LogP contribution is -2.13. The van der Waals surface area contributed by atoms with Crippen LogP contribution >= 0.6 is 27.7 Å². The van der Waals surface area contributed by atoms with Gasteiger partial charge in [-0.25, -0.2) is 4.98 Å². The fourth-order valence-corrected chi connectivity index (χ4v) is 2.94. The van der Waals surface area contributed by atoms with Crippen LogP contribution in [0.1, 0.15) is 11.4 Å². The maximum atomic E-state index is 12.0. The Labute approximate surface area is 163 Å². The van der Waals surface area contributed by atoms with Gasteiger partial charge < -0.3 is 10.1 Å². The number of nitrogens with zero attached hydrogens (tertiary/aromatic N) is 2. The zero-order valence-electron chi connectivity index (χ0n) is 14.0. The van der Waals surface area contributed by atoms with Crippen molar-refractivity contribution in [3.05, 3.63) is 64.4 Å². The topological polar surface area (TPSA) is 79.9 Å². The molecule has 1 amide bonds. The molecule has 0 bridgehead atoms. The van der Waals surface area contributed by atoms with Crippen LogP contribution in [0.2, 0.25) is 0 Å². The molecular weight excluding hydrogens is 416 g/mol. The average Bonchev–Trinajstić information content (AvgIpc) is 3.09. The molecule has 0 radical (unpaired) electrons. The molecule has 3 aromatic rings. The summed E-state index contributed by atoms with van der Waals surface area (Å²) in [7, 11) is 0. The van der Waals surface area contributed by atoms with Crippen molar-refractivity contribution in [3.8, 4) is 5.75 Å². The average molecular weight is 433 g/mol. The highest BCUT2D eigenvalue weighted by molar-refractivity contribution is 9.10. The van der Waals surface area contributed by atoms with Gasteiger partial charge in [0.2, 0.25) is 11.1 Å². The molecule has 0 spiro atoms. The number of benzene rings is 2. The van der Waals surface area contributed by atoms with E-state index in [0.717, 1.165) is 15.9 Å². The number of aromatic amines is 1. The van der Waals surface area contributed by atoms with Crippen molar-refractivity contribution < 1.29 is 9.53 Å². The number of anilines is 1. The van der Waals surface area contributed by atoms with Gasteiger partial charge in [0, 0.05) is 10.2 Å². The number of thioether (sulfide) groups is 1. The van der Waals surface area contributed by atoms with Gasteiger partial charge in [-0.1, -0.05) is 45.4 Å². The number of amides is 1. The highest BCUT2D eigenvalue weighted by Crippen LogP contribution is 2.17. The van der Waals surface area contributed by atoms with Gasteiger partial charge in [-0.3, -0.25) is 9.89 Å². The standard InChI is InChI=1S/C18H17BrN4O2S/c1-12-2-8-15(9-3-12)25-10-16-21-18(23-22-16)26-11-17(24)20-14-6-4-13(19)5-7-14/h2-9H,10-11H2,1H3,(H,20,24)(H,21,22,23). The third-order valence-electron chi connectivity index (χ3n) is 3.37. The van der Waals surface area contributed by atoms with Gasteiger partial charge in [0.05, 0.1) is 5.75 Å². The summed E-state index contributed by atoms with van der Waals surface area (Å²) in [6.45, 7) is 2.32. The van der Waals surface area contributed by atoms with Crippen molar-refractivity contribution in [2.45, 2.75) is 18.7 Å². The lowest BCUT2D eigenvalue weighted by atomic mass is 10.2. The van der Waals surface area contributed by atoms with E-state index < -0.39 is 0 Å². The number of aromatic nitrogens is 3. The molecule has 0 unspecified atom stereocenters. The normalized spacial score (nSPS) is 10.5. The largest absolute Gasteiger partial charge is 0.486 e. The third-order valence-corrected chi connectivity index (χ3v) is 4.74. The van der Waals surface area contributed by atoms with Crippen molar-refractivity contribution >= 4 is 39.3 Å². The Balaban J connectivity index is 1.45. The van der Waals surface area contributed by atoms with Gasteiger partial charge in [-0.05, 0) is 43.3 Å². The molecule has 2 N–H and O–H groups in total. The summed E-state index contributed by atoms with van der Waals surface area (Å²) in [6.07, 6.45) is 0. The summed E-state index contributed by atoms with van der Waals surface area (Å²) in [6, 6.07) is 15.2. The SMILES string of the molecule is Cc1ccc(OCc2nc(SCC(=O)Nc3ccc(Br)cc3)n[nH]2)cc1. The minimum absolute atomic E-state index is 0.112. The number of carbonyl (C=O) groups excluding carboxylic acids is 1. The van der Waals surface area contributed by atoms with Crippen LogP contribution in [0.4, 0.5) is 5.69 Å². The Bertz CT molecular complexity index is 866. The Hall–Kier alpha value is -2.32. The predicted molar refractivity (Wildman–Crippen MR) is 105 cm³/mol. The van der Waals surface area contributed by atoms with E-state index in [9.17, 15) is 4.79 Å². The van der Waals surface area contributed by atoms with Gasteiger partial charge in [0.1, 0.15) is 12.4 Å². The molecule has 0 aliphatic heterocycles. The lowest BCUT2D eigenvalue weighted by molar-refractivity contribution is -0.113. The molecule has 26 heavy (non-hydrogen) atoms. The Morgan fingerprint density at radius 3 is 2.65 bits per heavy atom. The van der Waals surface area contributed by atoms with Crippen LogP contribution in [-0.2, 0) is 11.4 Å². The molecule has 134 valence electrons. The summed E-state index contributed by atoms with van der Waals surface area (Å²) in [5, 5.41) is 10.3. The fourth-order valence-electron chi connectivity index (χ4n) is 2.05. The zero-order valence-corrected chi connectivity index (χ0v) is 16.4. The first-order valence-electron chi connectivity index (χ1n) is 7.87. The van der Waals surface area contributed by atoms with Gasteiger partial charge >= 0.3 is 0 Å². The smallest absolute Gasteiger partial charge is 0.234 e. The van der Waals surface area contributed by atoms with E-state index in [2.05, 4.69) is 36.4 Å². The number of nitrogens with one attached hydrogen (secondary N) is 2. The monoisotopic (exact) mass is 432 g/mol. The summed E-state index contributed by atoms with van der Waals surface area (Å²) >= 11 is 4.62. The van der Waals surface area contributed by atoms with Crippen LogP contribution in [0.5, 0.6) is 5.75 Å². The molecular formula is C18H17BrN4O2S. The number of carbonyl (C=O) groups is 1. The Kier molecular flexibility index (Phi) is 6.30. The summed E-state index contributed by atoms with van der Waals surface area (Å²) < 4.78 is 6.61. The molecule has 3 rings (SSSR count). The van der Waals surface area contributed by atoms with Crippen LogP contribution in [0.25, 0.3) is 0 Å². The van der Waals surface area contributed by atoms with Crippen LogP contribution in [0, 0.1) is 6.92 Å².